The van der Waals surface area contributed by atoms with E-state index in [1.165, 1.54) is 0 Å². The number of carbonyl (C=O) groups is 1. The number of carboxylic acids is 1. The first-order chi connectivity index (χ1) is 8.45. The van der Waals surface area contributed by atoms with E-state index in [1.807, 2.05) is 6.92 Å². The third-order valence-corrected chi connectivity index (χ3v) is 2.26. The van der Waals surface area contributed by atoms with E-state index in [4.69, 9.17) is 9.84 Å². The fourth-order valence-electron chi connectivity index (χ4n) is 1.43. The molecule has 1 atom stereocenters. The van der Waals surface area contributed by atoms with Crippen molar-refractivity contribution in [3.05, 3.63) is 29.3 Å². The van der Waals surface area contributed by atoms with Crippen molar-refractivity contribution in [3.63, 3.8) is 0 Å². The number of rotatable bonds is 6. The van der Waals surface area contributed by atoms with Gasteiger partial charge in [-0.05, 0) is 19.9 Å². The summed E-state index contributed by atoms with van der Waals surface area (Å²) in [7, 11) is 0. The SMILES string of the molecule is CCOCC(C)Nc1cc(C(=O)O)c(F)cc1F. The molecule has 0 saturated heterocycles. The van der Waals surface area contributed by atoms with Crippen LogP contribution in [-0.4, -0.2) is 30.3 Å². The van der Waals surface area contributed by atoms with E-state index in [0.717, 1.165) is 6.07 Å². The summed E-state index contributed by atoms with van der Waals surface area (Å²) in [5.41, 5.74) is -0.622. The number of hydrogen-bond donors (Lipinski definition) is 2. The van der Waals surface area contributed by atoms with Gasteiger partial charge in [-0.15, -0.1) is 0 Å². The van der Waals surface area contributed by atoms with Crippen LogP contribution in [0, 0.1) is 11.6 Å². The summed E-state index contributed by atoms with van der Waals surface area (Å²) in [6.45, 7) is 4.45. The first-order valence-corrected chi connectivity index (χ1v) is 5.52. The van der Waals surface area contributed by atoms with Crippen molar-refractivity contribution in [1.29, 1.82) is 0 Å². The molecule has 0 amide bonds. The van der Waals surface area contributed by atoms with Gasteiger partial charge in [0.05, 0.1) is 17.9 Å². The highest BCUT2D eigenvalue weighted by Crippen LogP contribution is 2.20. The van der Waals surface area contributed by atoms with Gasteiger partial charge < -0.3 is 15.2 Å². The first-order valence-electron chi connectivity index (χ1n) is 5.52. The molecule has 6 heteroatoms. The quantitative estimate of drug-likeness (QED) is 0.824. The summed E-state index contributed by atoms with van der Waals surface area (Å²) in [5.74, 6) is -3.36. The number of carboxylic acid groups (broad SMARTS) is 1. The Bertz CT molecular complexity index is 438. The molecular formula is C12H15F2NO3. The second-order valence-corrected chi connectivity index (χ2v) is 3.82. The van der Waals surface area contributed by atoms with Crippen LogP contribution in [0.4, 0.5) is 14.5 Å². The molecule has 1 rings (SSSR count). The number of nitrogens with one attached hydrogen (secondary N) is 1. The van der Waals surface area contributed by atoms with Crippen LogP contribution in [0.3, 0.4) is 0 Å². The lowest BCUT2D eigenvalue weighted by molar-refractivity contribution is 0.0692. The Hall–Kier alpha value is -1.69. The van der Waals surface area contributed by atoms with Gasteiger partial charge in [0.15, 0.2) is 0 Å². The molecule has 1 unspecified atom stereocenters. The Balaban J connectivity index is 2.88. The van der Waals surface area contributed by atoms with E-state index in [9.17, 15) is 13.6 Å². The van der Waals surface area contributed by atoms with Crippen molar-refractivity contribution in [2.75, 3.05) is 18.5 Å². The monoisotopic (exact) mass is 259 g/mol. The molecular weight excluding hydrogens is 244 g/mol. The summed E-state index contributed by atoms with van der Waals surface area (Å²) < 4.78 is 31.7. The summed E-state index contributed by atoms with van der Waals surface area (Å²) in [5, 5.41) is 11.5. The zero-order chi connectivity index (χ0) is 13.7. The molecule has 0 radical (unpaired) electrons. The van der Waals surface area contributed by atoms with E-state index in [-0.39, 0.29) is 11.7 Å². The Morgan fingerprint density at radius 2 is 2.11 bits per heavy atom. The molecule has 4 nitrogen and oxygen atoms in total. The molecule has 0 aliphatic rings. The average molecular weight is 259 g/mol. The van der Waals surface area contributed by atoms with E-state index >= 15 is 0 Å². The largest absolute Gasteiger partial charge is 0.478 e. The van der Waals surface area contributed by atoms with Crippen LogP contribution in [0.2, 0.25) is 0 Å². The van der Waals surface area contributed by atoms with E-state index < -0.39 is 23.2 Å². The van der Waals surface area contributed by atoms with Crippen molar-refractivity contribution >= 4 is 11.7 Å². The normalized spacial score (nSPS) is 12.2. The van der Waals surface area contributed by atoms with Gasteiger partial charge in [-0.2, -0.15) is 0 Å². The molecule has 18 heavy (non-hydrogen) atoms. The summed E-state index contributed by atoms with van der Waals surface area (Å²) in [6.07, 6.45) is 0. The second kappa shape index (κ2) is 6.30. The fourth-order valence-corrected chi connectivity index (χ4v) is 1.43. The van der Waals surface area contributed by atoms with E-state index in [1.54, 1.807) is 6.92 Å². The fraction of sp³-hybridized carbons (Fsp3) is 0.417. The van der Waals surface area contributed by atoms with Crippen molar-refractivity contribution in [1.82, 2.24) is 0 Å². The molecule has 0 aliphatic carbocycles. The zero-order valence-corrected chi connectivity index (χ0v) is 10.2. The van der Waals surface area contributed by atoms with Crippen LogP contribution in [0.5, 0.6) is 0 Å². The van der Waals surface area contributed by atoms with Crippen molar-refractivity contribution in [2.45, 2.75) is 19.9 Å². The van der Waals surface area contributed by atoms with Crippen LogP contribution in [0.25, 0.3) is 0 Å². The molecule has 2 N–H and O–H groups in total. The third-order valence-electron chi connectivity index (χ3n) is 2.26. The topological polar surface area (TPSA) is 58.6 Å². The minimum Gasteiger partial charge on any atom is -0.478 e. The molecule has 1 aromatic carbocycles. The number of benzene rings is 1. The highest BCUT2D eigenvalue weighted by Gasteiger charge is 2.16. The minimum atomic E-state index is -1.44. The number of hydrogen-bond acceptors (Lipinski definition) is 3. The third kappa shape index (κ3) is 3.66. The Morgan fingerprint density at radius 3 is 2.67 bits per heavy atom. The van der Waals surface area contributed by atoms with Gasteiger partial charge in [-0.3, -0.25) is 0 Å². The first kappa shape index (κ1) is 14.4. The van der Waals surface area contributed by atoms with Crippen LogP contribution in [0.1, 0.15) is 24.2 Å². The lowest BCUT2D eigenvalue weighted by Gasteiger charge is -2.16. The highest BCUT2D eigenvalue weighted by atomic mass is 19.1. The van der Waals surface area contributed by atoms with Crippen LogP contribution in [0.15, 0.2) is 12.1 Å². The van der Waals surface area contributed by atoms with Crippen LogP contribution >= 0.6 is 0 Å². The molecule has 100 valence electrons. The molecule has 0 spiro atoms. The maximum Gasteiger partial charge on any atom is 0.338 e. The lowest BCUT2D eigenvalue weighted by Crippen LogP contribution is -2.22. The Kier molecular flexibility index (Phi) is 5.03. The van der Waals surface area contributed by atoms with Gasteiger partial charge in [0.1, 0.15) is 11.6 Å². The summed E-state index contributed by atoms with van der Waals surface area (Å²) in [6, 6.07) is 1.28. The second-order valence-electron chi connectivity index (χ2n) is 3.82. The Morgan fingerprint density at radius 1 is 1.44 bits per heavy atom. The number of halogens is 2. The molecule has 1 aromatic rings. The molecule has 0 aromatic heterocycles. The average Bonchev–Trinajstić information content (AvgIpc) is 2.29. The minimum absolute atomic E-state index is 0.0546. The maximum atomic E-state index is 13.4. The van der Waals surface area contributed by atoms with Crippen LogP contribution < -0.4 is 5.32 Å². The molecule has 0 fully saturated rings. The Labute approximate surface area is 104 Å². The van der Waals surface area contributed by atoms with Gasteiger partial charge in [-0.1, -0.05) is 0 Å². The highest BCUT2D eigenvalue weighted by molar-refractivity contribution is 5.89. The zero-order valence-electron chi connectivity index (χ0n) is 10.2. The number of aromatic carboxylic acids is 1. The molecule has 0 bridgehead atoms. The van der Waals surface area contributed by atoms with Gasteiger partial charge in [0, 0.05) is 18.7 Å². The van der Waals surface area contributed by atoms with Gasteiger partial charge in [0.25, 0.3) is 0 Å². The number of anilines is 1. The summed E-state index contributed by atoms with van der Waals surface area (Å²) >= 11 is 0. The van der Waals surface area contributed by atoms with Gasteiger partial charge in [0.2, 0.25) is 0 Å². The lowest BCUT2D eigenvalue weighted by atomic mass is 10.1. The molecule has 0 aliphatic heterocycles. The van der Waals surface area contributed by atoms with Crippen molar-refractivity contribution < 1.29 is 23.4 Å². The predicted molar refractivity (Wildman–Crippen MR) is 62.9 cm³/mol. The number of ether oxygens (including phenoxy) is 1. The molecule has 0 heterocycles. The maximum absolute atomic E-state index is 13.4. The standard InChI is InChI=1S/C12H15F2NO3/c1-3-18-6-7(2)15-11-4-8(12(16)17)9(13)5-10(11)14/h4-5,7,15H,3,6H2,1-2H3,(H,16,17). The van der Waals surface area contributed by atoms with E-state index in [2.05, 4.69) is 5.32 Å². The van der Waals surface area contributed by atoms with Crippen LogP contribution in [-0.2, 0) is 4.74 Å². The van der Waals surface area contributed by atoms with Gasteiger partial charge in [-0.25, -0.2) is 13.6 Å². The predicted octanol–water partition coefficient (Wildman–Crippen LogP) is 2.50. The molecule has 0 saturated carbocycles. The van der Waals surface area contributed by atoms with Crippen molar-refractivity contribution in [2.24, 2.45) is 0 Å². The van der Waals surface area contributed by atoms with Crippen molar-refractivity contribution in [3.8, 4) is 0 Å². The smallest absolute Gasteiger partial charge is 0.338 e. The summed E-state index contributed by atoms with van der Waals surface area (Å²) in [4.78, 5) is 10.7. The van der Waals surface area contributed by atoms with Gasteiger partial charge >= 0.3 is 5.97 Å². The van der Waals surface area contributed by atoms with E-state index in [0.29, 0.717) is 19.3 Å².